The van der Waals surface area contributed by atoms with E-state index in [1.54, 1.807) is 0 Å². The summed E-state index contributed by atoms with van der Waals surface area (Å²) in [6, 6.07) is 9.96. The minimum atomic E-state index is -3.31. The van der Waals surface area contributed by atoms with E-state index in [0.717, 1.165) is 37.8 Å². The normalized spacial score (nSPS) is 21.3. The summed E-state index contributed by atoms with van der Waals surface area (Å²) in [5.41, 5.74) is 1.16. The van der Waals surface area contributed by atoms with Crippen LogP contribution in [-0.2, 0) is 21.2 Å². The van der Waals surface area contributed by atoms with Gasteiger partial charge in [-0.15, -0.1) is 0 Å². The minimum Gasteiger partial charge on any atom is -0.356 e. The van der Waals surface area contributed by atoms with Crippen molar-refractivity contribution in [3.8, 4) is 0 Å². The molecule has 0 aromatic heterocycles. The monoisotopic (exact) mass is 421 g/mol. The van der Waals surface area contributed by atoms with E-state index in [9.17, 15) is 13.2 Å². The van der Waals surface area contributed by atoms with Crippen LogP contribution in [0.4, 0.5) is 0 Å². The first-order valence-electron chi connectivity index (χ1n) is 11.1. The number of hydrogen-bond donors (Lipinski definition) is 1. The summed E-state index contributed by atoms with van der Waals surface area (Å²) in [5.74, 6) is -0.0680. The molecule has 0 spiro atoms. The van der Waals surface area contributed by atoms with Gasteiger partial charge in [-0.25, -0.2) is 12.7 Å². The third kappa shape index (κ3) is 7.08. The molecule has 1 aromatic carbocycles. The van der Waals surface area contributed by atoms with Crippen LogP contribution >= 0.6 is 0 Å². The average Bonchev–Trinajstić information content (AvgIpc) is 3.25. The van der Waals surface area contributed by atoms with E-state index in [2.05, 4.69) is 10.2 Å². The lowest BCUT2D eigenvalue weighted by Gasteiger charge is -2.31. The van der Waals surface area contributed by atoms with Gasteiger partial charge in [-0.3, -0.25) is 4.79 Å². The highest BCUT2D eigenvalue weighted by Crippen LogP contribution is 2.20. The van der Waals surface area contributed by atoms with Gasteiger partial charge in [-0.05, 0) is 70.1 Å². The van der Waals surface area contributed by atoms with Crippen LogP contribution in [-0.4, -0.2) is 68.6 Å². The van der Waals surface area contributed by atoms with Crippen molar-refractivity contribution < 1.29 is 13.2 Å². The lowest BCUT2D eigenvalue weighted by molar-refractivity contribution is -0.126. The Morgan fingerprint density at radius 2 is 1.79 bits per heavy atom. The number of aryl methyl sites for hydroxylation is 1. The molecule has 0 aliphatic carbocycles. The molecule has 1 amide bonds. The molecule has 29 heavy (non-hydrogen) atoms. The van der Waals surface area contributed by atoms with E-state index >= 15 is 0 Å². The smallest absolute Gasteiger partial charge is 0.224 e. The summed E-state index contributed by atoms with van der Waals surface area (Å²) in [7, 11) is -3.31. The van der Waals surface area contributed by atoms with Gasteiger partial charge in [0.2, 0.25) is 15.9 Å². The number of carbonyl (C=O) groups is 1. The molecule has 0 radical (unpaired) electrons. The topological polar surface area (TPSA) is 69.7 Å². The Bertz CT molecular complexity index is 733. The maximum Gasteiger partial charge on any atom is 0.224 e. The van der Waals surface area contributed by atoms with Crippen LogP contribution in [0.1, 0.15) is 44.1 Å². The number of carbonyl (C=O) groups excluding carboxylic acids is 1. The maximum atomic E-state index is 12.7. The van der Waals surface area contributed by atoms with E-state index in [4.69, 9.17) is 0 Å². The molecule has 3 rings (SSSR count). The number of sulfonamides is 1. The summed E-state index contributed by atoms with van der Waals surface area (Å²) >= 11 is 0. The Kier molecular flexibility index (Phi) is 8.51. The SMILES string of the molecule is O=C(NCCCN1CCCC1)[C@H]1CCCN(S(=O)(=O)CCCc2ccccc2)C1. The fourth-order valence-electron chi connectivity index (χ4n) is 4.31. The Hall–Kier alpha value is -1.44. The standard InChI is InChI=1S/C22H35N3O3S/c26-22(23-13-8-16-24-14-4-5-15-24)21-12-6-17-25(19-21)29(27,28)18-7-11-20-9-2-1-3-10-20/h1-3,9-10,21H,4-8,11-19H2,(H,23,26)/t21-/m0/s1. The second kappa shape index (κ2) is 11.1. The average molecular weight is 422 g/mol. The van der Waals surface area contributed by atoms with Crippen molar-refractivity contribution >= 4 is 15.9 Å². The summed E-state index contributed by atoms with van der Waals surface area (Å²) < 4.78 is 27.0. The van der Waals surface area contributed by atoms with Gasteiger partial charge in [0.05, 0.1) is 11.7 Å². The molecule has 2 heterocycles. The van der Waals surface area contributed by atoms with Crippen molar-refractivity contribution in [1.82, 2.24) is 14.5 Å². The highest BCUT2D eigenvalue weighted by molar-refractivity contribution is 7.89. The molecule has 6 nitrogen and oxygen atoms in total. The summed E-state index contributed by atoms with van der Waals surface area (Å²) in [6.45, 7) is 4.92. The fourth-order valence-corrected chi connectivity index (χ4v) is 5.89. The third-order valence-electron chi connectivity index (χ3n) is 6.01. The van der Waals surface area contributed by atoms with E-state index in [1.807, 2.05) is 30.3 Å². The first-order chi connectivity index (χ1) is 14.0. The zero-order valence-corrected chi connectivity index (χ0v) is 18.2. The first-order valence-corrected chi connectivity index (χ1v) is 12.7. The number of likely N-dealkylation sites (tertiary alicyclic amines) is 1. The molecule has 7 heteroatoms. The molecule has 2 aliphatic heterocycles. The lowest BCUT2D eigenvalue weighted by Crippen LogP contribution is -2.46. The highest BCUT2D eigenvalue weighted by atomic mass is 32.2. The van der Waals surface area contributed by atoms with Crippen molar-refractivity contribution in [1.29, 1.82) is 0 Å². The number of rotatable bonds is 10. The van der Waals surface area contributed by atoms with Gasteiger partial charge in [0.15, 0.2) is 0 Å². The van der Waals surface area contributed by atoms with Gasteiger partial charge in [0.1, 0.15) is 0 Å². The van der Waals surface area contributed by atoms with Gasteiger partial charge in [-0.1, -0.05) is 30.3 Å². The van der Waals surface area contributed by atoms with Gasteiger partial charge in [-0.2, -0.15) is 0 Å². The second-order valence-corrected chi connectivity index (χ2v) is 10.4. The van der Waals surface area contributed by atoms with Crippen LogP contribution in [0.15, 0.2) is 30.3 Å². The number of amides is 1. The summed E-state index contributed by atoms with van der Waals surface area (Å²) in [5, 5.41) is 3.03. The van der Waals surface area contributed by atoms with Crippen LogP contribution in [0.3, 0.4) is 0 Å². The van der Waals surface area contributed by atoms with Crippen molar-refractivity contribution in [2.45, 2.75) is 44.9 Å². The van der Waals surface area contributed by atoms with Crippen molar-refractivity contribution in [2.24, 2.45) is 5.92 Å². The molecular weight excluding hydrogens is 386 g/mol. The molecule has 1 atom stereocenters. The number of nitrogens with zero attached hydrogens (tertiary/aromatic N) is 2. The zero-order chi connectivity index (χ0) is 20.5. The van der Waals surface area contributed by atoms with Crippen LogP contribution in [0.5, 0.6) is 0 Å². The first kappa shape index (κ1) is 22.2. The van der Waals surface area contributed by atoms with Crippen molar-refractivity contribution in [2.75, 3.05) is 45.0 Å². The minimum absolute atomic E-state index is 0.00982. The predicted molar refractivity (Wildman–Crippen MR) is 116 cm³/mol. The molecular formula is C22H35N3O3S. The number of benzene rings is 1. The van der Waals surface area contributed by atoms with Crippen LogP contribution in [0.25, 0.3) is 0 Å². The molecule has 2 fully saturated rings. The van der Waals surface area contributed by atoms with Crippen LogP contribution in [0, 0.1) is 5.92 Å². The van der Waals surface area contributed by atoms with Gasteiger partial charge < -0.3 is 10.2 Å². The van der Waals surface area contributed by atoms with Gasteiger partial charge in [0.25, 0.3) is 0 Å². The molecule has 1 aromatic rings. The Morgan fingerprint density at radius 3 is 2.55 bits per heavy atom. The van der Waals surface area contributed by atoms with Gasteiger partial charge in [0, 0.05) is 19.6 Å². The van der Waals surface area contributed by atoms with E-state index in [-0.39, 0.29) is 17.6 Å². The summed E-state index contributed by atoms with van der Waals surface area (Å²) in [4.78, 5) is 15.0. The quantitative estimate of drug-likeness (QED) is 0.589. The van der Waals surface area contributed by atoms with Crippen molar-refractivity contribution in [3.05, 3.63) is 35.9 Å². The molecule has 0 saturated carbocycles. The van der Waals surface area contributed by atoms with E-state index < -0.39 is 10.0 Å². The van der Waals surface area contributed by atoms with E-state index in [0.29, 0.717) is 26.1 Å². The summed E-state index contributed by atoms with van der Waals surface area (Å²) in [6.07, 6.45) is 6.41. The second-order valence-electron chi connectivity index (χ2n) is 8.30. The molecule has 0 unspecified atom stereocenters. The maximum absolute atomic E-state index is 12.7. The fraction of sp³-hybridized carbons (Fsp3) is 0.682. The van der Waals surface area contributed by atoms with Crippen LogP contribution < -0.4 is 5.32 Å². The molecule has 2 saturated heterocycles. The molecule has 2 aliphatic rings. The largest absolute Gasteiger partial charge is 0.356 e. The highest BCUT2D eigenvalue weighted by Gasteiger charge is 2.31. The molecule has 1 N–H and O–H groups in total. The van der Waals surface area contributed by atoms with E-state index in [1.165, 1.54) is 30.2 Å². The third-order valence-corrected chi connectivity index (χ3v) is 7.93. The number of hydrogen-bond acceptors (Lipinski definition) is 4. The Morgan fingerprint density at radius 1 is 1.03 bits per heavy atom. The van der Waals surface area contributed by atoms with Crippen molar-refractivity contribution in [3.63, 3.8) is 0 Å². The molecule has 162 valence electrons. The van der Waals surface area contributed by atoms with Gasteiger partial charge >= 0.3 is 0 Å². The molecule has 0 bridgehead atoms. The Labute approximate surface area is 175 Å². The zero-order valence-electron chi connectivity index (χ0n) is 17.4. The predicted octanol–water partition coefficient (Wildman–Crippen LogP) is 2.26. The van der Waals surface area contributed by atoms with Crippen LogP contribution in [0.2, 0.25) is 0 Å². The number of nitrogens with one attached hydrogen (secondary N) is 1. The lowest BCUT2D eigenvalue weighted by atomic mass is 9.99. The number of piperidine rings is 1. The Balaban J connectivity index is 1.39.